The molecule has 2 aromatic carbocycles. The van der Waals surface area contributed by atoms with Crippen molar-refractivity contribution in [2.24, 2.45) is 0 Å². The zero-order valence-electron chi connectivity index (χ0n) is 13.1. The van der Waals surface area contributed by atoms with Crippen molar-refractivity contribution in [2.75, 3.05) is 6.54 Å². The van der Waals surface area contributed by atoms with E-state index in [1.165, 1.54) is 19.1 Å². The van der Waals surface area contributed by atoms with E-state index in [2.05, 4.69) is 5.32 Å². The van der Waals surface area contributed by atoms with Gasteiger partial charge in [0, 0.05) is 11.6 Å². The summed E-state index contributed by atoms with van der Waals surface area (Å²) in [6.45, 7) is 1.85. The highest BCUT2D eigenvalue weighted by atomic mass is 35.5. The number of esters is 1. The van der Waals surface area contributed by atoms with E-state index in [1.807, 2.05) is 30.3 Å². The Balaban J connectivity index is 1.83. The summed E-state index contributed by atoms with van der Waals surface area (Å²) >= 11 is 5.63. The maximum atomic E-state index is 13.7. The topological polar surface area (TPSA) is 55.4 Å². The second-order valence-electron chi connectivity index (χ2n) is 5.20. The molecule has 0 spiro atoms. The largest absolute Gasteiger partial charge is 0.449 e. The molecular weight excluding hydrogens is 333 g/mol. The SMILES string of the molecule is C[C@H](OC(=O)c1ccc(Cl)cc1F)C(=O)NCCc1ccccc1. The van der Waals surface area contributed by atoms with Crippen LogP contribution in [0.5, 0.6) is 0 Å². The van der Waals surface area contributed by atoms with Crippen molar-refractivity contribution in [1.29, 1.82) is 0 Å². The van der Waals surface area contributed by atoms with Gasteiger partial charge in [0.2, 0.25) is 0 Å². The van der Waals surface area contributed by atoms with Crippen molar-refractivity contribution in [1.82, 2.24) is 5.32 Å². The molecule has 0 bridgehead atoms. The van der Waals surface area contributed by atoms with Gasteiger partial charge in [0.05, 0.1) is 5.56 Å². The van der Waals surface area contributed by atoms with Crippen molar-refractivity contribution >= 4 is 23.5 Å². The van der Waals surface area contributed by atoms with Crippen LogP contribution in [0.25, 0.3) is 0 Å². The third kappa shape index (κ3) is 5.06. The monoisotopic (exact) mass is 349 g/mol. The van der Waals surface area contributed by atoms with Gasteiger partial charge in [-0.1, -0.05) is 41.9 Å². The summed E-state index contributed by atoms with van der Waals surface area (Å²) < 4.78 is 18.6. The molecule has 0 saturated carbocycles. The third-order valence-corrected chi connectivity index (χ3v) is 3.59. The molecule has 1 amide bonds. The molecule has 0 aliphatic heterocycles. The Hall–Kier alpha value is -2.40. The fourth-order valence-electron chi connectivity index (χ4n) is 2.05. The maximum absolute atomic E-state index is 13.7. The fourth-order valence-corrected chi connectivity index (χ4v) is 2.21. The number of hydrogen-bond acceptors (Lipinski definition) is 3. The molecule has 1 atom stereocenters. The predicted molar refractivity (Wildman–Crippen MR) is 89.4 cm³/mol. The van der Waals surface area contributed by atoms with Crippen molar-refractivity contribution in [3.05, 3.63) is 70.5 Å². The molecule has 126 valence electrons. The molecular formula is C18H17ClFNO3. The average Bonchev–Trinajstić information content (AvgIpc) is 2.55. The molecule has 4 nitrogen and oxygen atoms in total. The lowest BCUT2D eigenvalue weighted by Crippen LogP contribution is -2.37. The first-order chi connectivity index (χ1) is 11.5. The number of hydrogen-bond donors (Lipinski definition) is 1. The van der Waals surface area contributed by atoms with E-state index in [4.69, 9.17) is 16.3 Å². The minimum atomic E-state index is -1.02. The lowest BCUT2D eigenvalue weighted by Gasteiger charge is -2.14. The van der Waals surface area contributed by atoms with Gasteiger partial charge in [-0.2, -0.15) is 0 Å². The van der Waals surface area contributed by atoms with Gasteiger partial charge in [0.25, 0.3) is 5.91 Å². The molecule has 0 aliphatic carbocycles. The van der Waals surface area contributed by atoms with E-state index >= 15 is 0 Å². The number of carbonyl (C=O) groups is 2. The van der Waals surface area contributed by atoms with Gasteiger partial charge in [-0.25, -0.2) is 9.18 Å². The third-order valence-electron chi connectivity index (χ3n) is 3.36. The summed E-state index contributed by atoms with van der Waals surface area (Å²) in [6, 6.07) is 13.3. The van der Waals surface area contributed by atoms with Crippen molar-refractivity contribution in [2.45, 2.75) is 19.4 Å². The Kier molecular flexibility index (Phi) is 6.32. The first-order valence-electron chi connectivity index (χ1n) is 7.45. The molecule has 0 saturated heterocycles. The molecule has 0 heterocycles. The molecule has 24 heavy (non-hydrogen) atoms. The molecule has 6 heteroatoms. The molecule has 0 aromatic heterocycles. The van der Waals surface area contributed by atoms with E-state index in [0.717, 1.165) is 11.6 Å². The smallest absolute Gasteiger partial charge is 0.341 e. The highest BCUT2D eigenvalue weighted by molar-refractivity contribution is 6.30. The van der Waals surface area contributed by atoms with Gasteiger partial charge in [-0.3, -0.25) is 4.79 Å². The normalized spacial score (nSPS) is 11.6. The summed E-state index contributed by atoms with van der Waals surface area (Å²) in [6.07, 6.45) is -0.359. The summed E-state index contributed by atoms with van der Waals surface area (Å²) in [5.74, 6) is -2.13. The minimum Gasteiger partial charge on any atom is -0.449 e. The lowest BCUT2D eigenvalue weighted by molar-refractivity contribution is -0.129. The first-order valence-corrected chi connectivity index (χ1v) is 7.83. The summed E-state index contributed by atoms with van der Waals surface area (Å²) in [5.41, 5.74) is 0.828. The Morgan fingerprint density at radius 2 is 1.92 bits per heavy atom. The molecule has 0 unspecified atom stereocenters. The molecule has 0 fully saturated rings. The predicted octanol–water partition coefficient (Wildman–Crippen LogP) is 3.38. The number of ether oxygens (including phenoxy) is 1. The minimum absolute atomic E-state index is 0.177. The molecule has 0 radical (unpaired) electrons. The average molecular weight is 350 g/mol. The highest BCUT2D eigenvalue weighted by Gasteiger charge is 2.20. The maximum Gasteiger partial charge on any atom is 0.341 e. The summed E-state index contributed by atoms with van der Waals surface area (Å²) in [7, 11) is 0. The zero-order chi connectivity index (χ0) is 17.5. The van der Waals surface area contributed by atoms with Crippen LogP contribution in [0.15, 0.2) is 48.5 Å². The molecule has 2 rings (SSSR count). The van der Waals surface area contributed by atoms with Crippen molar-refractivity contribution < 1.29 is 18.7 Å². The zero-order valence-corrected chi connectivity index (χ0v) is 13.8. The Morgan fingerprint density at radius 3 is 2.58 bits per heavy atom. The Morgan fingerprint density at radius 1 is 1.21 bits per heavy atom. The number of nitrogens with one attached hydrogen (secondary N) is 1. The van der Waals surface area contributed by atoms with Crippen LogP contribution < -0.4 is 5.32 Å². The van der Waals surface area contributed by atoms with E-state index < -0.39 is 23.8 Å². The lowest BCUT2D eigenvalue weighted by atomic mass is 10.1. The van der Waals surface area contributed by atoms with E-state index in [1.54, 1.807) is 0 Å². The van der Waals surface area contributed by atoms with E-state index in [0.29, 0.717) is 13.0 Å². The number of benzene rings is 2. The number of amides is 1. The van der Waals surface area contributed by atoms with E-state index in [9.17, 15) is 14.0 Å². The quantitative estimate of drug-likeness (QED) is 0.813. The Labute approximate surface area is 144 Å². The molecule has 1 N–H and O–H groups in total. The standard InChI is InChI=1S/C18H17ClFNO3/c1-12(17(22)21-10-9-13-5-3-2-4-6-13)24-18(23)15-8-7-14(19)11-16(15)20/h2-8,11-12H,9-10H2,1H3,(H,21,22)/t12-/m0/s1. The molecule has 0 aliphatic rings. The van der Waals surface area contributed by atoms with Crippen LogP contribution in [-0.4, -0.2) is 24.5 Å². The van der Waals surface area contributed by atoms with Gasteiger partial charge < -0.3 is 10.1 Å². The number of carbonyl (C=O) groups excluding carboxylic acids is 2. The highest BCUT2D eigenvalue weighted by Crippen LogP contribution is 2.16. The van der Waals surface area contributed by atoms with Crippen LogP contribution in [0.4, 0.5) is 4.39 Å². The number of rotatable bonds is 6. The van der Waals surface area contributed by atoms with Gasteiger partial charge in [0.1, 0.15) is 5.82 Å². The van der Waals surface area contributed by atoms with Crippen LogP contribution in [-0.2, 0) is 16.0 Å². The van der Waals surface area contributed by atoms with Crippen LogP contribution in [0, 0.1) is 5.82 Å². The summed E-state index contributed by atoms with van der Waals surface area (Å²) in [4.78, 5) is 23.8. The fraction of sp³-hybridized carbons (Fsp3) is 0.222. The van der Waals surface area contributed by atoms with Gasteiger partial charge in [-0.15, -0.1) is 0 Å². The second kappa shape index (κ2) is 8.45. The van der Waals surface area contributed by atoms with E-state index in [-0.39, 0.29) is 10.6 Å². The van der Waals surface area contributed by atoms with Gasteiger partial charge in [0.15, 0.2) is 6.10 Å². The van der Waals surface area contributed by atoms with Crippen LogP contribution in [0.2, 0.25) is 5.02 Å². The van der Waals surface area contributed by atoms with Crippen molar-refractivity contribution in [3.8, 4) is 0 Å². The van der Waals surface area contributed by atoms with Crippen LogP contribution >= 0.6 is 11.6 Å². The van der Waals surface area contributed by atoms with Crippen molar-refractivity contribution in [3.63, 3.8) is 0 Å². The van der Waals surface area contributed by atoms with Crippen LogP contribution in [0.3, 0.4) is 0 Å². The second-order valence-corrected chi connectivity index (χ2v) is 5.63. The summed E-state index contributed by atoms with van der Waals surface area (Å²) in [5, 5.41) is 2.86. The van der Waals surface area contributed by atoms with Gasteiger partial charge in [-0.05, 0) is 37.1 Å². The number of halogens is 2. The Bertz CT molecular complexity index is 721. The van der Waals surface area contributed by atoms with Gasteiger partial charge >= 0.3 is 5.97 Å². The molecule has 2 aromatic rings. The van der Waals surface area contributed by atoms with Crippen LogP contribution in [0.1, 0.15) is 22.8 Å². The first kappa shape index (κ1) is 17.9.